The van der Waals surface area contributed by atoms with Crippen LogP contribution in [0.3, 0.4) is 0 Å². The van der Waals surface area contributed by atoms with Gasteiger partial charge in [0, 0.05) is 86.7 Å². The highest BCUT2D eigenvalue weighted by Crippen LogP contribution is 2.40. The van der Waals surface area contributed by atoms with Crippen molar-refractivity contribution in [2.45, 2.75) is 58.7 Å². The Hall–Kier alpha value is -4.45. The summed E-state index contributed by atoms with van der Waals surface area (Å²) in [7, 11) is 5.58. The first-order valence-corrected chi connectivity index (χ1v) is 16.8. The van der Waals surface area contributed by atoms with E-state index in [9.17, 15) is 14.4 Å². The Labute approximate surface area is 282 Å². The molecule has 4 heterocycles. The summed E-state index contributed by atoms with van der Waals surface area (Å²) in [5.41, 5.74) is 4.74. The van der Waals surface area contributed by atoms with Crippen LogP contribution in [-0.2, 0) is 13.1 Å². The lowest BCUT2D eigenvalue weighted by Gasteiger charge is -2.53. The number of aromatic nitrogens is 2. The number of piperidine rings is 1. The largest absolute Gasteiger partial charge is 0.366 e. The van der Waals surface area contributed by atoms with Crippen LogP contribution in [0.15, 0.2) is 42.5 Å². The van der Waals surface area contributed by atoms with E-state index in [2.05, 4.69) is 34.4 Å². The third-order valence-corrected chi connectivity index (χ3v) is 10.1. The van der Waals surface area contributed by atoms with E-state index in [1.165, 1.54) is 6.07 Å². The number of halogens is 1. The highest BCUT2D eigenvalue weighted by atomic mass is 19.1. The minimum atomic E-state index is -0.547. The average Bonchev–Trinajstić information content (AvgIpc) is 3.44. The molecule has 256 valence electrons. The average molecular weight is 659 g/mol. The van der Waals surface area contributed by atoms with Gasteiger partial charge in [0.1, 0.15) is 5.82 Å². The van der Waals surface area contributed by atoms with Crippen LogP contribution >= 0.6 is 0 Å². The minimum absolute atomic E-state index is 0.0557. The van der Waals surface area contributed by atoms with E-state index in [0.29, 0.717) is 36.5 Å². The molecule has 0 bridgehead atoms. The Balaban J connectivity index is 1.10. The van der Waals surface area contributed by atoms with E-state index in [1.807, 2.05) is 42.8 Å². The van der Waals surface area contributed by atoms with Gasteiger partial charge in [-0.3, -0.25) is 14.3 Å². The monoisotopic (exact) mass is 658 g/mol. The van der Waals surface area contributed by atoms with Crippen molar-refractivity contribution in [3.63, 3.8) is 0 Å². The molecule has 11 nitrogen and oxygen atoms in total. The van der Waals surface area contributed by atoms with E-state index in [0.717, 1.165) is 49.4 Å². The van der Waals surface area contributed by atoms with Crippen molar-refractivity contribution in [3.8, 4) is 0 Å². The van der Waals surface area contributed by atoms with E-state index >= 15 is 4.39 Å². The molecular weight excluding hydrogens is 611 g/mol. The van der Waals surface area contributed by atoms with Crippen LogP contribution in [-0.4, -0.2) is 96.2 Å². The van der Waals surface area contributed by atoms with Gasteiger partial charge in [-0.05, 0) is 88.8 Å². The van der Waals surface area contributed by atoms with Crippen molar-refractivity contribution in [2.24, 2.45) is 5.41 Å². The molecule has 4 amide bonds. The zero-order valence-corrected chi connectivity index (χ0v) is 28.8. The van der Waals surface area contributed by atoms with Crippen LogP contribution < -0.4 is 15.5 Å². The molecule has 3 aliphatic rings. The van der Waals surface area contributed by atoms with E-state index in [4.69, 9.17) is 5.10 Å². The standard InChI is InChI=1S/C36H47FN8O3/c1-23(2)45-32-24(3)19-43(27-10-8-26(9-11-27)34(47)41(4)5)20-28(32)31(40-45)33(46)38-18-25-7-12-30(29(37)17-25)39-35(48)44-21-36(22-44)13-15-42(6)16-14-36/h7-12,17,23-24H,13-16,18-22H2,1-6H3,(H,38,46)(H,39,48)/t24-/m0/s1. The summed E-state index contributed by atoms with van der Waals surface area (Å²) in [6.07, 6.45) is 2.15. The second kappa shape index (κ2) is 13.2. The molecule has 1 aromatic heterocycles. The fourth-order valence-corrected chi connectivity index (χ4v) is 7.23. The predicted octanol–water partition coefficient (Wildman–Crippen LogP) is 4.92. The van der Waals surface area contributed by atoms with Crippen LogP contribution in [0.4, 0.5) is 20.6 Å². The van der Waals surface area contributed by atoms with Crippen LogP contribution in [0, 0.1) is 11.2 Å². The Bertz CT molecular complexity index is 1690. The third-order valence-electron chi connectivity index (χ3n) is 10.1. The van der Waals surface area contributed by atoms with E-state index in [-0.39, 0.29) is 47.5 Å². The third kappa shape index (κ3) is 6.63. The lowest BCUT2D eigenvalue weighted by atomic mass is 9.72. The number of nitrogens with one attached hydrogen (secondary N) is 2. The van der Waals surface area contributed by atoms with Gasteiger partial charge in [0.05, 0.1) is 5.69 Å². The molecule has 1 atom stereocenters. The van der Waals surface area contributed by atoms with Gasteiger partial charge in [-0.2, -0.15) is 5.10 Å². The summed E-state index contributed by atoms with van der Waals surface area (Å²) < 4.78 is 17.1. The fraction of sp³-hybridized carbons (Fsp3) is 0.500. The molecule has 3 aliphatic heterocycles. The lowest BCUT2D eigenvalue weighted by Crippen LogP contribution is -2.62. The predicted molar refractivity (Wildman–Crippen MR) is 184 cm³/mol. The quantitative estimate of drug-likeness (QED) is 0.374. The van der Waals surface area contributed by atoms with Gasteiger partial charge in [-0.1, -0.05) is 13.0 Å². The highest BCUT2D eigenvalue weighted by Gasteiger charge is 2.46. The summed E-state index contributed by atoms with van der Waals surface area (Å²) in [5, 5.41) is 10.4. The smallest absolute Gasteiger partial charge is 0.321 e. The summed E-state index contributed by atoms with van der Waals surface area (Å²) >= 11 is 0. The molecule has 3 aromatic rings. The normalized spacial score (nSPS) is 18.8. The molecule has 0 radical (unpaired) electrons. The summed E-state index contributed by atoms with van der Waals surface area (Å²) in [4.78, 5) is 46.6. The number of rotatable bonds is 7. The number of carbonyl (C=O) groups excluding carboxylic acids is 3. The molecule has 48 heavy (non-hydrogen) atoms. The maximum atomic E-state index is 15.1. The molecular formula is C36H47FN8O3. The maximum Gasteiger partial charge on any atom is 0.321 e. The number of fused-ring (bicyclic) bond motifs is 1. The van der Waals surface area contributed by atoms with Crippen molar-refractivity contribution in [1.82, 2.24) is 29.8 Å². The maximum absolute atomic E-state index is 15.1. The van der Waals surface area contributed by atoms with Crippen molar-refractivity contribution in [2.75, 3.05) is 64.1 Å². The van der Waals surface area contributed by atoms with Crippen LogP contribution in [0.5, 0.6) is 0 Å². The first kappa shape index (κ1) is 33.5. The molecule has 0 unspecified atom stereocenters. The van der Waals surface area contributed by atoms with Crippen molar-refractivity contribution >= 4 is 29.2 Å². The van der Waals surface area contributed by atoms with Crippen LogP contribution in [0.2, 0.25) is 0 Å². The van der Waals surface area contributed by atoms with E-state index < -0.39 is 5.82 Å². The summed E-state index contributed by atoms with van der Waals surface area (Å²) in [6, 6.07) is 11.9. The zero-order valence-electron chi connectivity index (χ0n) is 28.8. The number of likely N-dealkylation sites (tertiary alicyclic amines) is 2. The molecule has 0 aliphatic carbocycles. The fourth-order valence-electron chi connectivity index (χ4n) is 7.23. The zero-order chi connectivity index (χ0) is 34.3. The van der Waals surface area contributed by atoms with Gasteiger partial charge in [0.2, 0.25) is 0 Å². The van der Waals surface area contributed by atoms with Crippen molar-refractivity contribution in [1.29, 1.82) is 0 Å². The number of urea groups is 1. The molecule has 2 saturated heterocycles. The van der Waals surface area contributed by atoms with E-state index in [1.54, 1.807) is 36.0 Å². The minimum Gasteiger partial charge on any atom is -0.366 e. The molecule has 12 heteroatoms. The number of benzene rings is 2. The molecule has 0 saturated carbocycles. The summed E-state index contributed by atoms with van der Waals surface area (Å²) in [5.74, 6) is -0.824. The van der Waals surface area contributed by atoms with Crippen LogP contribution in [0.1, 0.15) is 83.2 Å². The second-order valence-electron chi connectivity index (χ2n) is 14.4. The SMILES string of the molecule is CC(C)n1nc(C(=O)NCc2ccc(NC(=O)N3CC4(CCN(C)CC4)C3)c(F)c2)c2c1[C@@H](C)CN(c1ccc(C(=O)N(C)C)cc1)C2. The Morgan fingerprint density at radius 1 is 1.06 bits per heavy atom. The number of anilines is 2. The van der Waals surface area contributed by atoms with Gasteiger partial charge in [0.15, 0.2) is 5.69 Å². The molecule has 2 aromatic carbocycles. The number of nitrogens with zero attached hydrogens (tertiary/aromatic N) is 6. The van der Waals surface area contributed by atoms with Crippen molar-refractivity contribution in [3.05, 3.63) is 76.4 Å². The Morgan fingerprint density at radius 2 is 1.75 bits per heavy atom. The molecule has 6 rings (SSSR count). The van der Waals surface area contributed by atoms with Gasteiger partial charge in [-0.25, -0.2) is 9.18 Å². The number of carbonyl (C=O) groups is 3. The number of hydrogen-bond donors (Lipinski definition) is 2. The van der Waals surface area contributed by atoms with Crippen molar-refractivity contribution < 1.29 is 18.8 Å². The molecule has 2 N–H and O–H groups in total. The first-order chi connectivity index (χ1) is 22.8. The Kier molecular flexibility index (Phi) is 9.21. The molecule has 1 spiro atoms. The lowest BCUT2D eigenvalue weighted by molar-refractivity contribution is -0.0129. The van der Waals surface area contributed by atoms with Gasteiger partial charge < -0.3 is 30.2 Å². The second-order valence-corrected chi connectivity index (χ2v) is 14.4. The summed E-state index contributed by atoms with van der Waals surface area (Å²) in [6.45, 7) is 11.1. The van der Waals surface area contributed by atoms with Gasteiger partial charge in [-0.15, -0.1) is 0 Å². The number of hydrogen-bond acceptors (Lipinski definition) is 6. The van der Waals surface area contributed by atoms with Gasteiger partial charge in [0.25, 0.3) is 11.8 Å². The van der Waals surface area contributed by atoms with Crippen LogP contribution in [0.25, 0.3) is 0 Å². The highest BCUT2D eigenvalue weighted by molar-refractivity contribution is 5.95. The first-order valence-electron chi connectivity index (χ1n) is 16.8. The van der Waals surface area contributed by atoms with Gasteiger partial charge >= 0.3 is 6.03 Å². The number of amides is 4. The Morgan fingerprint density at radius 3 is 2.38 bits per heavy atom. The topological polar surface area (TPSA) is 106 Å². The molecule has 2 fully saturated rings.